The first kappa shape index (κ1) is 16.0. The molecule has 0 saturated heterocycles. The summed E-state index contributed by atoms with van der Waals surface area (Å²) in [5, 5.41) is 8.81. The van der Waals surface area contributed by atoms with Gasteiger partial charge in [0.05, 0.1) is 6.42 Å². The van der Waals surface area contributed by atoms with Crippen molar-refractivity contribution in [1.82, 2.24) is 4.90 Å². The Balaban J connectivity index is 2.90. The summed E-state index contributed by atoms with van der Waals surface area (Å²) >= 11 is 0. The SMILES string of the molecule is CN(C(=O)N(CCC(=O)O)C(C)(C)C)c1ccccc1. The van der Waals surface area contributed by atoms with E-state index in [1.807, 2.05) is 51.1 Å². The lowest BCUT2D eigenvalue weighted by molar-refractivity contribution is -0.137. The molecule has 0 atom stereocenters. The summed E-state index contributed by atoms with van der Waals surface area (Å²) in [6, 6.07) is 9.08. The van der Waals surface area contributed by atoms with Crippen molar-refractivity contribution in [3.05, 3.63) is 30.3 Å². The molecule has 0 aliphatic heterocycles. The van der Waals surface area contributed by atoms with Gasteiger partial charge in [0.15, 0.2) is 0 Å². The zero-order valence-electron chi connectivity index (χ0n) is 12.5. The van der Waals surface area contributed by atoms with Crippen LogP contribution in [0.4, 0.5) is 10.5 Å². The van der Waals surface area contributed by atoms with Crippen LogP contribution in [-0.4, -0.2) is 41.1 Å². The molecule has 0 fully saturated rings. The Kier molecular flexibility index (Phi) is 5.13. The van der Waals surface area contributed by atoms with Gasteiger partial charge >= 0.3 is 12.0 Å². The molecule has 0 heterocycles. The Morgan fingerprint density at radius 1 is 1.15 bits per heavy atom. The van der Waals surface area contributed by atoms with E-state index in [9.17, 15) is 9.59 Å². The summed E-state index contributed by atoms with van der Waals surface area (Å²) in [5.74, 6) is -0.908. The molecule has 0 aliphatic carbocycles. The van der Waals surface area contributed by atoms with Crippen molar-refractivity contribution >= 4 is 17.7 Å². The number of benzene rings is 1. The van der Waals surface area contributed by atoms with Crippen molar-refractivity contribution in [1.29, 1.82) is 0 Å². The number of aliphatic carboxylic acids is 1. The van der Waals surface area contributed by atoms with Crippen LogP contribution in [0.1, 0.15) is 27.2 Å². The fraction of sp³-hybridized carbons (Fsp3) is 0.467. The zero-order chi connectivity index (χ0) is 15.3. The molecule has 1 N–H and O–H groups in total. The Hall–Kier alpha value is -2.04. The summed E-state index contributed by atoms with van der Waals surface area (Å²) in [5.41, 5.74) is 0.345. The van der Waals surface area contributed by atoms with Crippen molar-refractivity contribution in [2.24, 2.45) is 0 Å². The topological polar surface area (TPSA) is 60.9 Å². The second-order valence-electron chi connectivity index (χ2n) is 5.64. The van der Waals surface area contributed by atoms with Gasteiger partial charge in [0, 0.05) is 24.8 Å². The molecule has 0 unspecified atom stereocenters. The first-order chi connectivity index (χ1) is 9.23. The molecule has 1 aromatic rings. The van der Waals surface area contributed by atoms with E-state index in [0.717, 1.165) is 5.69 Å². The highest BCUT2D eigenvalue weighted by molar-refractivity contribution is 5.92. The molecule has 0 spiro atoms. The highest BCUT2D eigenvalue weighted by Gasteiger charge is 2.29. The molecule has 5 heteroatoms. The molecule has 0 saturated carbocycles. The highest BCUT2D eigenvalue weighted by atomic mass is 16.4. The van der Waals surface area contributed by atoms with Crippen molar-refractivity contribution in [3.8, 4) is 0 Å². The molecule has 2 amide bonds. The highest BCUT2D eigenvalue weighted by Crippen LogP contribution is 2.20. The number of urea groups is 1. The van der Waals surface area contributed by atoms with Crippen molar-refractivity contribution in [2.45, 2.75) is 32.7 Å². The molecule has 1 aromatic carbocycles. The van der Waals surface area contributed by atoms with Gasteiger partial charge in [0.1, 0.15) is 0 Å². The van der Waals surface area contributed by atoms with Crippen LogP contribution in [0, 0.1) is 0 Å². The van der Waals surface area contributed by atoms with Crippen LogP contribution in [0.25, 0.3) is 0 Å². The number of rotatable bonds is 4. The van der Waals surface area contributed by atoms with Gasteiger partial charge in [-0.25, -0.2) is 4.79 Å². The number of carbonyl (C=O) groups is 2. The standard InChI is InChI=1S/C15H22N2O3/c1-15(2,3)17(11-10-13(18)19)14(20)16(4)12-8-6-5-7-9-12/h5-9H,10-11H2,1-4H3,(H,18,19). The summed E-state index contributed by atoms with van der Waals surface area (Å²) in [6.45, 7) is 5.87. The van der Waals surface area contributed by atoms with Crippen molar-refractivity contribution < 1.29 is 14.7 Å². The van der Waals surface area contributed by atoms with Crippen molar-refractivity contribution in [2.75, 3.05) is 18.5 Å². The first-order valence-corrected chi connectivity index (χ1v) is 6.55. The van der Waals surface area contributed by atoms with Crippen LogP contribution in [0.15, 0.2) is 30.3 Å². The van der Waals surface area contributed by atoms with Crippen LogP contribution in [-0.2, 0) is 4.79 Å². The second-order valence-corrected chi connectivity index (χ2v) is 5.64. The zero-order valence-corrected chi connectivity index (χ0v) is 12.5. The Morgan fingerprint density at radius 2 is 1.70 bits per heavy atom. The summed E-state index contributed by atoms with van der Waals surface area (Å²) < 4.78 is 0. The first-order valence-electron chi connectivity index (χ1n) is 6.55. The van der Waals surface area contributed by atoms with Crippen LogP contribution in [0.2, 0.25) is 0 Å². The number of hydrogen-bond acceptors (Lipinski definition) is 2. The number of amides is 2. The van der Waals surface area contributed by atoms with Gasteiger partial charge in [-0.2, -0.15) is 0 Å². The predicted molar refractivity (Wildman–Crippen MR) is 79.0 cm³/mol. The second kappa shape index (κ2) is 6.41. The number of carboxylic acids is 1. The molecule has 5 nitrogen and oxygen atoms in total. The molecule has 110 valence electrons. The number of carbonyl (C=O) groups excluding carboxylic acids is 1. The maximum absolute atomic E-state index is 12.6. The van der Waals surface area contributed by atoms with Crippen LogP contribution >= 0.6 is 0 Å². The normalized spacial score (nSPS) is 11.0. The molecule has 20 heavy (non-hydrogen) atoms. The minimum absolute atomic E-state index is 0.0638. The van der Waals surface area contributed by atoms with Gasteiger partial charge in [-0.1, -0.05) is 18.2 Å². The van der Waals surface area contributed by atoms with E-state index in [4.69, 9.17) is 5.11 Å². The van der Waals surface area contributed by atoms with Gasteiger partial charge in [0.2, 0.25) is 0 Å². The maximum atomic E-state index is 12.6. The summed E-state index contributed by atoms with van der Waals surface area (Å²) in [4.78, 5) is 26.4. The third-order valence-electron chi connectivity index (χ3n) is 3.02. The van der Waals surface area contributed by atoms with Crippen LogP contribution in [0.5, 0.6) is 0 Å². The number of carboxylic acid groups (broad SMARTS) is 1. The van der Waals surface area contributed by atoms with E-state index in [1.54, 1.807) is 11.9 Å². The molecular formula is C15H22N2O3. The number of nitrogens with zero attached hydrogens (tertiary/aromatic N) is 2. The van der Waals surface area contributed by atoms with Gasteiger partial charge in [-0.15, -0.1) is 0 Å². The molecular weight excluding hydrogens is 256 g/mol. The fourth-order valence-corrected chi connectivity index (χ4v) is 1.87. The van der Waals surface area contributed by atoms with E-state index in [2.05, 4.69) is 0 Å². The monoisotopic (exact) mass is 278 g/mol. The van der Waals surface area contributed by atoms with E-state index in [1.165, 1.54) is 4.90 Å². The minimum atomic E-state index is -0.908. The van der Waals surface area contributed by atoms with Gasteiger partial charge in [0.25, 0.3) is 0 Å². The molecule has 0 aromatic heterocycles. The quantitative estimate of drug-likeness (QED) is 0.921. The maximum Gasteiger partial charge on any atom is 0.324 e. The van der Waals surface area contributed by atoms with Gasteiger partial charge < -0.3 is 10.0 Å². The molecule has 0 bridgehead atoms. The minimum Gasteiger partial charge on any atom is -0.481 e. The summed E-state index contributed by atoms with van der Waals surface area (Å²) in [7, 11) is 1.69. The average molecular weight is 278 g/mol. The average Bonchev–Trinajstić information content (AvgIpc) is 2.37. The molecule has 0 aliphatic rings. The van der Waals surface area contributed by atoms with Crippen LogP contribution in [0.3, 0.4) is 0 Å². The number of hydrogen-bond donors (Lipinski definition) is 1. The lowest BCUT2D eigenvalue weighted by Crippen LogP contribution is -2.51. The smallest absolute Gasteiger partial charge is 0.324 e. The number of para-hydroxylation sites is 1. The van der Waals surface area contributed by atoms with Gasteiger partial charge in [-0.05, 0) is 32.9 Å². The largest absolute Gasteiger partial charge is 0.481 e. The van der Waals surface area contributed by atoms with Crippen LogP contribution < -0.4 is 4.90 Å². The van der Waals surface area contributed by atoms with E-state index in [0.29, 0.717) is 0 Å². The summed E-state index contributed by atoms with van der Waals surface area (Å²) in [6.07, 6.45) is -0.0638. The Labute approximate surface area is 119 Å². The van der Waals surface area contributed by atoms with E-state index >= 15 is 0 Å². The Morgan fingerprint density at radius 3 is 2.15 bits per heavy atom. The van der Waals surface area contributed by atoms with Gasteiger partial charge in [-0.3, -0.25) is 9.69 Å². The molecule has 0 radical (unpaired) electrons. The van der Waals surface area contributed by atoms with E-state index in [-0.39, 0.29) is 19.0 Å². The lowest BCUT2D eigenvalue weighted by Gasteiger charge is -2.38. The third kappa shape index (κ3) is 4.26. The fourth-order valence-electron chi connectivity index (χ4n) is 1.87. The lowest BCUT2D eigenvalue weighted by atomic mass is 10.1. The van der Waals surface area contributed by atoms with Crippen molar-refractivity contribution in [3.63, 3.8) is 0 Å². The van der Waals surface area contributed by atoms with E-state index < -0.39 is 11.5 Å². The number of anilines is 1. The Bertz CT molecular complexity index is 466. The molecule has 1 rings (SSSR count). The third-order valence-corrected chi connectivity index (χ3v) is 3.02. The predicted octanol–water partition coefficient (Wildman–Crippen LogP) is 2.82.